The third-order valence-electron chi connectivity index (χ3n) is 0.638. The summed E-state index contributed by atoms with van der Waals surface area (Å²) >= 11 is 0. The van der Waals surface area contributed by atoms with Crippen LogP contribution >= 0.6 is 0 Å². The lowest BCUT2D eigenvalue weighted by Gasteiger charge is -1.72. The van der Waals surface area contributed by atoms with E-state index in [-0.39, 0.29) is 22.3 Å². The standard InChI is InChI=1S/C6H12.3CH4/c1-3-5-6-4-2;;;/h5-6H,3-4H2,1-2H3;3*1H4/b6-5+;;;. The predicted molar refractivity (Wildman–Crippen MR) is 49.9 cm³/mol. The van der Waals surface area contributed by atoms with Crippen LogP contribution in [0.1, 0.15) is 49.0 Å². The molecule has 0 fully saturated rings. The molecule has 0 N–H and O–H groups in total. The van der Waals surface area contributed by atoms with Gasteiger partial charge in [-0.3, -0.25) is 0 Å². The molecule has 0 nitrogen and oxygen atoms in total. The molecular weight excluding hydrogens is 108 g/mol. The molecule has 0 aromatic rings. The van der Waals surface area contributed by atoms with Crippen molar-refractivity contribution in [1.82, 2.24) is 0 Å². The maximum absolute atomic E-state index is 2.18. The lowest BCUT2D eigenvalue weighted by Crippen LogP contribution is -1.51. The third-order valence-corrected chi connectivity index (χ3v) is 0.638. The topological polar surface area (TPSA) is 0 Å². The molecule has 0 radical (unpaired) electrons. The Balaban J connectivity index is -0.0000000417. The van der Waals surface area contributed by atoms with Gasteiger partial charge in [0.05, 0.1) is 0 Å². The molecule has 60 valence electrons. The van der Waals surface area contributed by atoms with Crippen LogP contribution in [0, 0.1) is 0 Å². The van der Waals surface area contributed by atoms with Gasteiger partial charge in [0, 0.05) is 0 Å². The molecule has 0 atom stereocenters. The van der Waals surface area contributed by atoms with Crippen molar-refractivity contribution in [2.45, 2.75) is 49.0 Å². The van der Waals surface area contributed by atoms with E-state index in [9.17, 15) is 0 Å². The summed E-state index contributed by atoms with van der Waals surface area (Å²) in [5.41, 5.74) is 0. The Morgan fingerprint density at radius 3 is 1.11 bits per heavy atom. The van der Waals surface area contributed by atoms with Crippen molar-refractivity contribution in [3.05, 3.63) is 12.2 Å². The van der Waals surface area contributed by atoms with Crippen LogP contribution in [-0.4, -0.2) is 0 Å². The van der Waals surface area contributed by atoms with E-state index in [0.717, 1.165) is 0 Å². The van der Waals surface area contributed by atoms with Gasteiger partial charge in [-0.25, -0.2) is 0 Å². The van der Waals surface area contributed by atoms with Crippen molar-refractivity contribution < 1.29 is 0 Å². The number of allylic oxidation sites excluding steroid dienone is 2. The van der Waals surface area contributed by atoms with Gasteiger partial charge < -0.3 is 0 Å². The Morgan fingerprint density at radius 1 is 0.778 bits per heavy atom. The first-order valence-electron chi connectivity index (χ1n) is 2.56. The van der Waals surface area contributed by atoms with Gasteiger partial charge in [0.15, 0.2) is 0 Å². The fraction of sp³-hybridized carbons (Fsp3) is 0.778. The first-order valence-corrected chi connectivity index (χ1v) is 2.56. The minimum absolute atomic E-state index is 0. The molecule has 0 aromatic heterocycles. The molecule has 0 heteroatoms. The molecule has 9 heavy (non-hydrogen) atoms. The predicted octanol–water partition coefficient (Wildman–Crippen LogP) is 4.27. The number of hydrogen-bond donors (Lipinski definition) is 0. The van der Waals surface area contributed by atoms with Crippen LogP contribution < -0.4 is 0 Å². The van der Waals surface area contributed by atoms with E-state index in [1.807, 2.05) is 0 Å². The highest BCUT2D eigenvalue weighted by molar-refractivity contribution is 4.77. The second-order valence-electron chi connectivity index (χ2n) is 1.29. The van der Waals surface area contributed by atoms with Crippen molar-refractivity contribution in [2.24, 2.45) is 0 Å². The first kappa shape index (κ1) is 23.3. The van der Waals surface area contributed by atoms with Crippen LogP contribution in [0.2, 0.25) is 0 Å². The van der Waals surface area contributed by atoms with Gasteiger partial charge in [-0.05, 0) is 12.8 Å². The average molecular weight is 132 g/mol. The number of rotatable bonds is 2. The van der Waals surface area contributed by atoms with Crippen molar-refractivity contribution in [3.63, 3.8) is 0 Å². The molecule has 0 rings (SSSR count). The summed E-state index contributed by atoms with van der Waals surface area (Å²) in [5.74, 6) is 0. The summed E-state index contributed by atoms with van der Waals surface area (Å²) in [5, 5.41) is 0. The van der Waals surface area contributed by atoms with E-state index in [0.29, 0.717) is 0 Å². The molecule has 0 aromatic carbocycles. The van der Waals surface area contributed by atoms with Crippen LogP contribution in [0.15, 0.2) is 12.2 Å². The van der Waals surface area contributed by atoms with Gasteiger partial charge in [0.2, 0.25) is 0 Å². The van der Waals surface area contributed by atoms with Crippen LogP contribution in [0.25, 0.3) is 0 Å². The zero-order chi connectivity index (χ0) is 4.83. The lowest BCUT2D eigenvalue weighted by atomic mass is 10.4. The van der Waals surface area contributed by atoms with Crippen molar-refractivity contribution >= 4 is 0 Å². The summed E-state index contributed by atoms with van der Waals surface area (Å²) in [7, 11) is 0. The molecule has 0 spiro atoms. The Bertz CT molecular complexity index is 29.3. The van der Waals surface area contributed by atoms with E-state index in [1.165, 1.54) is 12.8 Å². The maximum Gasteiger partial charge on any atom is -0.0379 e. The van der Waals surface area contributed by atoms with Crippen LogP contribution in [0.4, 0.5) is 0 Å². The van der Waals surface area contributed by atoms with Crippen LogP contribution in [0.5, 0.6) is 0 Å². The molecule has 0 aliphatic rings. The highest BCUT2D eigenvalue weighted by Gasteiger charge is 1.60. The highest BCUT2D eigenvalue weighted by Crippen LogP contribution is 1.81. The summed E-state index contributed by atoms with van der Waals surface area (Å²) in [6.45, 7) is 4.29. The minimum Gasteiger partial charge on any atom is -0.0888 e. The van der Waals surface area contributed by atoms with E-state index in [4.69, 9.17) is 0 Å². The normalized spacial score (nSPS) is 6.89. The van der Waals surface area contributed by atoms with Crippen LogP contribution in [0.3, 0.4) is 0 Å². The fourth-order valence-corrected chi connectivity index (χ4v) is 0.333. The van der Waals surface area contributed by atoms with Crippen LogP contribution in [-0.2, 0) is 0 Å². The summed E-state index contributed by atoms with van der Waals surface area (Å²) in [6, 6.07) is 0. The summed E-state index contributed by atoms with van der Waals surface area (Å²) in [4.78, 5) is 0. The zero-order valence-electron chi connectivity index (χ0n) is 4.57. The van der Waals surface area contributed by atoms with E-state index in [2.05, 4.69) is 26.0 Å². The second-order valence-corrected chi connectivity index (χ2v) is 1.29. The van der Waals surface area contributed by atoms with Gasteiger partial charge >= 0.3 is 0 Å². The molecule has 0 unspecified atom stereocenters. The smallest absolute Gasteiger partial charge is 0.0379 e. The van der Waals surface area contributed by atoms with E-state index in [1.54, 1.807) is 0 Å². The molecule has 0 amide bonds. The van der Waals surface area contributed by atoms with Gasteiger partial charge in [-0.2, -0.15) is 0 Å². The van der Waals surface area contributed by atoms with Crippen molar-refractivity contribution in [3.8, 4) is 0 Å². The zero-order valence-corrected chi connectivity index (χ0v) is 4.57. The monoisotopic (exact) mass is 132 g/mol. The summed E-state index contributed by atoms with van der Waals surface area (Å²) in [6.07, 6.45) is 6.71. The molecule has 0 heterocycles. The molecular formula is C9H24. The Labute approximate surface area is 62.0 Å². The van der Waals surface area contributed by atoms with Gasteiger partial charge in [0.25, 0.3) is 0 Å². The highest BCUT2D eigenvalue weighted by atomic mass is 13.7. The third kappa shape index (κ3) is 34.0. The van der Waals surface area contributed by atoms with Crippen molar-refractivity contribution in [2.75, 3.05) is 0 Å². The second kappa shape index (κ2) is 25.1. The Morgan fingerprint density at radius 2 is 1.00 bits per heavy atom. The van der Waals surface area contributed by atoms with E-state index >= 15 is 0 Å². The number of hydrogen-bond acceptors (Lipinski definition) is 0. The van der Waals surface area contributed by atoms with Gasteiger partial charge in [-0.1, -0.05) is 48.3 Å². The Hall–Kier alpha value is -0.260. The molecule has 0 bridgehead atoms. The summed E-state index contributed by atoms with van der Waals surface area (Å²) < 4.78 is 0. The SMILES string of the molecule is C.C.C.CC/C=C/CC. The van der Waals surface area contributed by atoms with E-state index < -0.39 is 0 Å². The van der Waals surface area contributed by atoms with Crippen molar-refractivity contribution in [1.29, 1.82) is 0 Å². The van der Waals surface area contributed by atoms with Gasteiger partial charge in [-0.15, -0.1) is 0 Å². The minimum atomic E-state index is 0. The first-order chi connectivity index (χ1) is 2.91. The maximum atomic E-state index is 2.18. The lowest BCUT2D eigenvalue weighted by molar-refractivity contribution is 1.16. The quantitative estimate of drug-likeness (QED) is 0.492. The Kier molecular flexibility index (Phi) is 65.1. The largest absolute Gasteiger partial charge is 0.0888 e. The average Bonchev–Trinajstić information content (AvgIpc) is 1.61. The molecule has 0 aliphatic carbocycles. The molecule has 0 saturated heterocycles. The van der Waals surface area contributed by atoms with Gasteiger partial charge in [0.1, 0.15) is 0 Å². The molecule has 0 saturated carbocycles. The fourth-order valence-electron chi connectivity index (χ4n) is 0.333. The molecule has 0 aliphatic heterocycles.